The number of hydrogen-bond acceptors (Lipinski definition) is 6. The quantitative estimate of drug-likeness (QED) is 0.239. The Labute approximate surface area is 186 Å². The van der Waals surface area contributed by atoms with Crippen LogP contribution in [0.3, 0.4) is 0 Å². The van der Waals surface area contributed by atoms with E-state index >= 15 is 0 Å². The molecule has 3 aromatic rings. The molecule has 0 saturated heterocycles. The molecular weight excluding hydrogens is 408 g/mol. The van der Waals surface area contributed by atoms with Crippen LogP contribution < -0.4 is 19.6 Å². The fourth-order valence-corrected chi connectivity index (χ4v) is 2.70. The van der Waals surface area contributed by atoms with E-state index in [2.05, 4.69) is 17.5 Å². The lowest BCUT2D eigenvalue weighted by molar-refractivity contribution is -0.123. The van der Waals surface area contributed by atoms with Crippen molar-refractivity contribution < 1.29 is 23.8 Å². The number of carbonyl (C=O) groups is 2. The minimum Gasteiger partial charge on any atom is -0.497 e. The molecule has 0 aliphatic heterocycles. The van der Waals surface area contributed by atoms with Crippen LogP contribution >= 0.6 is 0 Å². The highest BCUT2D eigenvalue weighted by atomic mass is 16.5. The number of carbonyl (C=O) groups excluding carboxylic acids is 2. The lowest BCUT2D eigenvalue weighted by Crippen LogP contribution is -2.24. The lowest BCUT2D eigenvalue weighted by Gasteiger charge is -2.06. The van der Waals surface area contributed by atoms with Crippen molar-refractivity contribution in [1.29, 1.82) is 0 Å². The third-order valence-corrected chi connectivity index (χ3v) is 4.52. The first kappa shape index (κ1) is 22.6. The topological polar surface area (TPSA) is 86.2 Å². The van der Waals surface area contributed by atoms with Gasteiger partial charge in [-0.1, -0.05) is 19.1 Å². The molecule has 7 nitrogen and oxygen atoms in total. The molecule has 0 aliphatic rings. The van der Waals surface area contributed by atoms with Crippen LogP contribution in [0.1, 0.15) is 28.4 Å². The van der Waals surface area contributed by atoms with E-state index in [1.165, 1.54) is 11.8 Å². The largest absolute Gasteiger partial charge is 0.497 e. The van der Waals surface area contributed by atoms with Crippen LogP contribution in [0.5, 0.6) is 17.2 Å². The second-order valence-corrected chi connectivity index (χ2v) is 6.77. The van der Waals surface area contributed by atoms with Gasteiger partial charge in [-0.15, -0.1) is 0 Å². The molecule has 164 valence electrons. The van der Waals surface area contributed by atoms with Crippen molar-refractivity contribution >= 4 is 18.1 Å². The standard InChI is InChI=1S/C25H24N2O5/c1-3-18-4-10-22(11-5-18)31-17-24(28)27-26-16-19-6-12-23(13-7-19)32-25(29)20-8-14-21(30-2)15-9-20/h4-16H,3,17H2,1-2H3,(H,27,28)/b26-16-. The van der Waals surface area contributed by atoms with Gasteiger partial charge < -0.3 is 14.2 Å². The van der Waals surface area contributed by atoms with Crippen LogP contribution in [0.15, 0.2) is 77.9 Å². The number of benzene rings is 3. The van der Waals surface area contributed by atoms with Gasteiger partial charge in [-0.25, -0.2) is 10.2 Å². The number of hydrazone groups is 1. The van der Waals surface area contributed by atoms with Crippen LogP contribution in [0.25, 0.3) is 0 Å². The molecule has 0 radical (unpaired) electrons. The summed E-state index contributed by atoms with van der Waals surface area (Å²) >= 11 is 0. The molecule has 0 bridgehead atoms. The summed E-state index contributed by atoms with van der Waals surface area (Å²) in [5, 5.41) is 3.91. The molecule has 3 aromatic carbocycles. The Morgan fingerprint density at radius 1 is 0.875 bits per heavy atom. The van der Waals surface area contributed by atoms with Crippen LogP contribution in [0.4, 0.5) is 0 Å². The predicted molar refractivity (Wildman–Crippen MR) is 121 cm³/mol. The highest BCUT2D eigenvalue weighted by Crippen LogP contribution is 2.16. The number of hydrogen-bond donors (Lipinski definition) is 1. The fraction of sp³-hybridized carbons (Fsp3) is 0.160. The Balaban J connectivity index is 1.44. The minimum absolute atomic E-state index is 0.136. The average Bonchev–Trinajstić information content (AvgIpc) is 2.84. The highest BCUT2D eigenvalue weighted by Gasteiger charge is 2.08. The summed E-state index contributed by atoms with van der Waals surface area (Å²) in [6, 6.07) is 21.0. The Morgan fingerprint density at radius 3 is 2.12 bits per heavy atom. The summed E-state index contributed by atoms with van der Waals surface area (Å²) in [6.45, 7) is 1.94. The maximum atomic E-state index is 12.2. The van der Waals surface area contributed by atoms with Gasteiger partial charge in [0.2, 0.25) is 0 Å². The third-order valence-electron chi connectivity index (χ3n) is 4.52. The number of nitrogens with zero attached hydrogens (tertiary/aromatic N) is 1. The van der Waals surface area contributed by atoms with E-state index in [9.17, 15) is 9.59 Å². The normalized spacial score (nSPS) is 10.6. The van der Waals surface area contributed by atoms with Crippen molar-refractivity contribution in [2.75, 3.05) is 13.7 Å². The molecular formula is C25H24N2O5. The molecule has 7 heteroatoms. The monoisotopic (exact) mass is 432 g/mol. The van der Waals surface area contributed by atoms with E-state index in [-0.39, 0.29) is 12.5 Å². The molecule has 32 heavy (non-hydrogen) atoms. The second kappa shape index (κ2) is 11.3. The molecule has 1 N–H and O–H groups in total. The summed E-state index contributed by atoms with van der Waals surface area (Å²) in [6.07, 6.45) is 2.44. The molecule has 0 spiro atoms. The van der Waals surface area contributed by atoms with Gasteiger partial charge in [-0.05, 0) is 78.2 Å². The number of amides is 1. The van der Waals surface area contributed by atoms with Crippen LogP contribution in [-0.2, 0) is 11.2 Å². The molecule has 0 heterocycles. The fourth-order valence-electron chi connectivity index (χ4n) is 2.70. The molecule has 1 amide bonds. The number of nitrogens with one attached hydrogen (secondary N) is 1. The number of aryl methyl sites for hydroxylation is 1. The second-order valence-electron chi connectivity index (χ2n) is 6.77. The lowest BCUT2D eigenvalue weighted by atomic mass is 10.2. The van der Waals surface area contributed by atoms with Gasteiger partial charge in [0.1, 0.15) is 17.2 Å². The van der Waals surface area contributed by atoms with Crippen molar-refractivity contribution in [2.24, 2.45) is 5.10 Å². The van der Waals surface area contributed by atoms with E-state index < -0.39 is 5.97 Å². The Bertz CT molecular complexity index is 1060. The van der Waals surface area contributed by atoms with Crippen molar-refractivity contribution in [3.8, 4) is 17.2 Å². The zero-order valence-electron chi connectivity index (χ0n) is 17.9. The molecule has 0 fully saturated rings. The maximum absolute atomic E-state index is 12.2. The molecule has 3 rings (SSSR count). The third kappa shape index (κ3) is 6.70. The van der Waals surface area contributed by atoms with E-state index in [1.54, 1.807) is 55.6 Å². The Kier molecular flexibility index (Phi) is 7.97. The van der Waals surface area contributed by atoms with Gasteiger partial charge in [0.25, 0.3) is 5.91 Å². The first-order valence-corrected chi connectivity index (χ1v) is 10.1. The number of rotatable bonds is 9. The predicted octanol–water partition coefficient (Wildman–Crippen LogP) is 4.01. The number of methoxy groups -OCH3 is 1. The summed E-state index contributed by atoms with van der Waals surface area (Å²) in [4.78, 5) is 24.1. The van der Waals surface area contributed by atoms with Crippen molar-refractivity contribution in [3.05, 3.63) is 89.5 Å². The highest BCUT2D eigenvalue weighted by molar-refractivity contribution is 5.91. The smallest absolute Gasteiger partial charge is 0.343 e. The number of esters is 1. The summed E-state index contributed by atoms with van der Waals surface area (Å²) in [5.74, 6) is 0.849. The average molecular weight is 432 g/mol. The molecule has 0 aliphatic carbocycles. The SMILES string of the molecule is CCc1ccc(OCC(=O)N/N=C\c2ccc(OC(=O)c3ccc(OC)cc3)cc2)cc1. The van der Waals surface area contributed by atoms with Crippen LogP contribution in [0.2, 0.25) is 0 Å². The van der Waals surface area contributed by atoms with E-state index in [0.717, 1.165) is 12.0 Å². The van der Waals surface area contributed by atoms with Crippen LogP contribution in [0, 0.1) is 0 Å². The van der Waals surface area contributed by atoms with Gasteiger partial charge in [0, 0.05) is 0 Å². The van der Waals surface area contributed by atoms with Crippen molar-refractivity contribution in [2.45, 2.75) is 13.3 Å². The minimum atomic E-state index is -0.467. The zero-order chi connectivity index (χ0) is 22.8. The van der Waals surface area contributed by atoms with E-state index in [1.807, 2.05) is 24.3 Å². The first-order chi connectivity index (χ1) is 15.6. The summed E-state index contributed by atoms with van der Waals surface area (Å²) in [5.41, 5.74) is 4.76. The Hall–Kier alpha value is -4.13. The summed E-state index contributed by atoms with van der Waals surface area (Å²) < 4.78 is 15.9. The zero-order valence-corrected chi connectivity index (χ0v) is 17.9. The molecule has 0 atom stereocenters. The van der Waals surface area contributed by atoms with Crippen LogP contribution in [-0.4, -0.2) is 31.8 Å². The number of ether oxygens (including phenoxy) is 3. The van der Waals surface area contributed by atoms with Gasteiger partial charge in [-0.3, -0.25) is 4.79 Å². The maximum Gasteiger partial charge on any atom is 0.343 e. The first-order valence-electron chi connectivity index (χ1n) is 10.1. The van der Waals surface area contributed by atoms with Gasteiger partial charge in [-0.2, -0.15) is 5.10 Å². The van der Waals surface area contributed by atoms with Gasteiger partial charge in [0.05, 0.1) is 18.9 Å². The van der Waals surface area contributed by atoms with Crippen molar-refractivity contribution in [1.82, 2.24) is 5.43 Å². The van der Waals surface area contributed by atoms with Gasteiger partial charge in [0.15, 0.2) is 6.61 Å². The molecule has 0 unspecified atom stereocenters. The Morgan fingerprint density at radius 2 is 1.50 bits per heavy atom. The molecule has 0 saturated carbocycles. The molecule has 0 aromatic heterocycles. The van der Waals surface area contributed by atoms with E-state index in [0.29, 0.717) is 22.8 Å². The van der Waals surface area contributed by atoms with E-state index in [4.69, 9.17) is 14.2 Å². The van der Waals surface area contributed by atoms with Crippen molar-refractivity contribution in [3.63, 3.8) is 0 Å². The summed E-state index contributed by atoms with van der Waals surface area (Å²) in [7, 11) is 1.56. The van der Waals surface area contributed by atoms with Gasteiger partial charge >= 0.3 is 5.97 Å².